The van der Waals surface area contributed by atoms with E-state index >= 15 is 0 Å². The van der Waals surface area contributed by atoms with Crippen molar-refractivity contribution in [2.75, 3.05) is 13.2 Å². The summed E-state index contributed by atoms with van der Waals surface area (Å²) < 4.78 is 5.48. The second kappa shape index (κ2) is 6.11. The van der Waals surface area contributed by atoms with Gasteiger partial charge in [-0.25, -0.2) is 0 Å². The summed E-state index contributed by atoms with van der Waals surface area (Å²) in [7, 11) is 0. The molecule has 0 amide bonds. The molecule has 0 aromatic carbocycles. The average Bonchev–Trinajstić information content (AvgIpc) is 2.17. The van der Waals surface area contributed by atoms with E-state index in [2.05, 4.69) is 6.92 Å². The van der Waals surface area contributed by atoms with Gasteiger partial charge in [0.05, 0.1) is 0 Å². The van der Waals surface area contributed by atoms with E-state index in [1.54, 1.807) is 0 Å². The number of ether oxygens (including phenoxy) is 1. The van der Waals surface area contributed by atoms with Crippen molar-refractivity contribution in [3.8, 4) is 0 Å². The molecule has 3 nitrogen and oxygen atoms in total. The Balaban J connectivity index is 3.67. The third-order valence-corrected chi connectivity index (χ3v) is 2.40. The summed E-state index contributed by atoms with van der Waals surface area (Å²) in [5, 5.41) is 0. The maximum absolute atomic E-state index is 10.7. The standard InChI is InChI=1S/C10H21NO2/c1-4-10(3,8-12)13-6-5-9(2)7-11/h8-9H,4-7,11H2,1-3H3. The Morgan fingerprint density at radius 2 is 2.23 bits per heavy atom. The monoisotopic (exact) mass is 187 g/mol. The van der Waals surface area contributed by atoms with Crippen LogP contribution < -0.4 is 5.73 Å². The topological polar surface area (TPSA) is 52.3 Å². The smallest absolute Gasteiger partial charge is 0.151 e. The lowest BCUT2D eigenvalue weighted by Gasteiger charge is -2.22. The van der Waals surface area contributed by atoms with Crippen LogP contribution in [0.1, 0.15) is 33.6 Å². The quantitative estimate of drug-likeness (QED) is 0.612. The molecule has 0 aliphatic carbocycles. The molecule has 0 aliphatic heterocycles. The Hall–Kier alpha value is -0.410. The molecule has 2 atom stereocenters. The van der Waals surface area contributed by atoms with Crippen LogP contribution in [0, 0.1) is 5.92 Å². The Morgan fingerprint density at radius 1 is 1.62 bits per heavy atom. The fourth-order valence-corrected chi connectivity index (χ4v) is 0.831. The Bertz CT molecular complexity index is 150. The highest BCUT2D eigenvalue weighted by molar-refractivity contribution is 5.61. The van der Waals surface area contributed by atoms with Gasteiger partial charge in [0.2, 0.25) is 0 Å². The fourth-order valence-electron chi connectivity index (χ4n) is 0.831. The van der Waals surface area contributed by atoms with Gasteiger partial charge in [-0.3, -0.25) is 0 Å². The number of nitrogens with two attached hydrogens (primary N) is 1. The predicted molar refractivity (Wildman–Crippen MR) is 53.5 cm³/mol. The van der Waals surface area contributed by atoms with Crippen molar-refractivity contribution in [1.29, 1.82) is 0 Å². The van der Waals surface area contributed by atoms with Crippen LogP contribution >= 0.6 is 0 Å². The van der Waals surface area contributed by atoms with Gasteiger partial charge in [0.15, 0.2) is 6.29 Å². The molecule has 0 saturated carbocycles. The molecular weight excluding hydrogens is 166 g/mol. The van der Waals surface area contributed by atoms with Crippen LogP contribution in [0.5, 0.6) is 0 Å². The first kappa shape index (κ1) is 12.6. The van der Waals surface area contributed by atoms with E-state index < -0.39 is 5.60 Å². The van der Waals surface area contributed by atoms with Crippen LogP contribution in [0.25, 0.3) is 0 Å². The van der Waals surface area contributed by atoms with Gasteiger partial charge in [0, 0.05) is 6.61 Å². The van der Waals surface area contributed by atoms with Gasteiger partial charge in [-0.2, -0.15) is 0 Å². The van der Waals surface area contributed by atoms with E-state index in [1.807, 2.05) is 13.8 Å². The summed E-state index contributed by atoms with van der Waals surface area (Å²) >= 11 is 0. The second-order valence-corrected chi connectivity index (χ2v) is 3.76. The number of hydrogen-bond acceptors (Lipinski definition) is 3. The summed E-state index contributed by atoms with van der Waals surface area (Å²) in [6, 6.07) is 0. The first-order valence-corrected chi connectivity index (χ1v) is 4.88. The summed E-state index contributed by atoms with van der Waals surface area (Å²) in [5.41, 5.74) is 4.86. The number of hydrogen-bond donors (Lipinski definition) is 1. The molecule has 0 aliphatic rings. The molecule has 0 aromatic rings. The van der Waals surface area contributed by atoms with Crippen molar-refractivity contribution in [2.24, 2.45) is 11.7 Å². The van der Waals surface area contributed by atoms with E-state index in [4.69, 9.17) is 10.5 Å². The summed E-state index contributed by atoms with van der Waals surface area (Å²) in [4.78, 5) is 10.7. The van der Waals surface area contributed by atoms with Crippen LogP contribution in [-0.4, -0.2) is 25.0 Å². The van der Waals surface area contributed by atoms with E-state index in [9.17, 15) is 4.79 Å². The minimum absolute atomic E-state index is 0.466. The minimum Gasteiger partial charge on any atom is -0.368 e. The van der Waals surface area contributed by atoms with Crippen molar-refractivity contribution in [3.05, 3.63) is 0 Å². The van der Waals surface area contributed by atoms with Gasteiger partial charge in [-0.15, -0.1) is 0 Å². The van der Waals surface area contributed by atoms with E-state index in [0.717, 1.165) is 12.7 Å². The highest BCUT2D eigenvalue weighted by atomic mass is 16.5. The first-order valence-electron chi connectivity index (χ1n) is 4.88. The van der Waals surface area contributed by atoms with Crippen LogP contribution in [0.4, 0.5) is 0 Å². The Morgan fingerprint density at radius 3 is 2.62 bits per heavy atom. The van der Waals surface area contributed by atoms with Crippen molar-refractivity contribution < 1.29 is 9.53 Å². The highest BCUT2D eigenvalue weighted by Gasteiger charge is 2.21. The maximum Gasteiger partial charge on any atom is 0.151 e. The van der Waals surface area contributed by atoms with Crippen LogP contribution in [-0.2, 0) is 9.53 Å². The highest BCUT2D eigenvalue weighted by Crippen LogP contribution is 2.13. The molecule has 0 fully saturated rings. The van der Waals surface area contributed by atoms with E-state index in [-0.39, 0.29) is 0 Å². The predicted octanol–water partition coefficient (Wildman–Crippen LogP) is 1.36. The third kappa shape index (κ3) is 5.01. The number of aldehydes is 1. The molecule has 0 aromatic heterocycles. The third-order valence-electron chi connectivity index (χ3n) is 2.40. The first-order chi connectivity index (χ1) is 6.08. The molecule has 3 heteroatoms. The van der Waals surface area contributed by atoms with Crippen molar-refractivity contribution in [1.82, 2.24) is 0 Å². The molecule has 0 rings (SSSR count). The molecule has 0 bridgehead atoms. The van der Waals surface area contributed by atoms with Crippen molar-refractivity contribution in [3.63, 3.8) is 0 Å². The molecule has 2 N–H and O–H groups in total. The summed E-state index contributed by atoms with van der Waals surface area (Å²) in [6.45, 7) is 7.12. The number of rotatable bonds is 7. The molecule has 0 saturated heterocycles. The SMILES string of the molecule is CCC(C)(C=O)OCCC(C)CN. The number of carbonyl (C=O) groups excluding carboxylic acids is 1. The van der Waals surface area contributed by atoms with Gasteiger partial charge in [0.1, 0.15) is 5.60 Å². The lowest BCUT2D eigenvalue weighted by Crippen LogP contribution is -2.30. The summed E-state index contributed by atoms with van der Waals surface area (Å²) in [6.07, 6.45) is 2.51. The van der Waals surface area contributed by atoms with Gasteiger partial charge in [0.25, 0.3) is 0 Å². The van der Waals surface area contributed by atoms with Crippen molar-refractivity contribution >= 4 is 6.29 Å². The molecule has 0 heterocycles. The van der Waals surface area contributed by atoms with E-state index in [0.29, 0.717) is 25.5 Å². The zero-order valence-corrected chi connectivity index (χ0v) is 8.88. The van der Waals surface area contributed by atoms with Gasteiger partial charge in [-0.1, -0.05) is 13.8 Å². The molecule has 2 unspecified atom stereocenters. The number of carbonyl (C=O) groups is 1. The maximum atomic E-state index is 10.7. The largest absolute Gasteiger partial charge is 0.368 e. The minimum atomic E-state index is -0.603. The fraction of sp³-hybridized carbons (Fsp3) is 0.900. The molecule has 78 valence electrons. The molecule has 0 radical (unpaired) electrons. The lowest BCUT2D eigenvalue weighted by atomic mass is 10.1. The summed E-state index contributed by atoms with van der Waals surface area (Å²) in [5.74, 6) is 0.466. The van der Waals surface area contributed by atoms with Crippen LogP contribution in [0.3, 0.4) is 0 Å². The van der Waals surface area contributed by atoms with Crippen LogP contribution in [0.15, 0.2) is 0 Å². The molecular formula is C10H21NO2. The lowest BCUT2D eigenvalue weighted by molar-refractivity contribution is -0.130. The molecule has 13 heavy (non-hydrogen) atoms. The normalized spacial score (nSPS) is 17.8. The Kier molecular flexibility index (Phi) is 5.91. The average molecular weight is 187 g/mol. The molecule has 0 spiro atoms. The van der Waals surface area contributed by atoms with Crippen molar-refractivity contribution in [2.45, 2.75) is 39.2 Å². The van der Waals surface area contributed by atoms with Crippen LogP contribution in [0.2, 0.25) is 0 Å². The van der Waals surface area contributed by atoms with Gasteiger partial charge < -0.3 is 15.3 Å². The second-order valence-electron chi connectivity index (χ2n) is 3.76. The van der Waals surface area contributed by atoms with Gasteiger partial charge in [-0.05, 0) is 32.2 Å². The van der Waals surface area contributed by atoms with Gasteiger partial charge >= 0.3 is 0 Å². The Labute approximate surface area is 80.6 Å². The zero-order valence-electron chi connectivity index (χ0n) is 8.88. The van der Waals surface area contributed by atoms with E-state index in [1.165, 1.54) is 0 Å². The zero-order chi connectivity index (χ0) is 10.3.